The lowest BCUT2D eigenvalue weighted by atomic mass is 10.2. The van der Waals surface area contributed by atoms with E-state index in [1.807, 2.05) is 37.4 Å². The van der Waals surface area contributed by atoms with Gasteiger partial charge in [0.1, 0.15) is 12.3 Å². The number of hydrogen-bond donors (Lipinski definition) is 2. The van der Waals surface area contributed by atoms with Gasteiger partial charge >= 0.3 is 0 Å². The number of ether oxygens (including phenoxy) is 1. The van der Waals surface area contributed by atoms with Crippen LogP contribution in [-0.2, 0) is 4.74 Å². The second-order valence-electron chi connectivity index (χ2n) is 5.48. The quantitative estimate of drug-likeness (QED) is 0.861. The lowest BCUT2D eigenvalue weighted by Gasteiger charge is -2.25. The summed E-state index contributed by atoms with van der Waals surface area (Å²) in [5.41, 5.74) is 0.521. The van der Waals surface area contributed by atoms with E-state index in [1.54, 1.807) is 15.7 Å². The predicted molar refractivity (Wildman–Crippen MR) is 84.6 cm³/mol. The number of aliphatic hydroxyl groups excluding tert-OH is 2. The summed E-state index contributed by atoms with van der Waals surface area (Å²) in [5.74, 6) is 0.416. The lowest BCUT2D eigenvalue weighted by Crippen LogP contribution is -2.26. The first-order valence-corrected chi connectivity index (χ1v) is 7.42. The molecule has 1 fully saturated rings. The lowest BCUT2D eigenvalue weighted by molar-refractivity contribution is -0.0442. The Kier molecular flexibility index (Phi) is 4.42. The van der Waals surface area contributed by atoms with E-state index in [9.17, 15) is 15.0 Å². The van der Waals surface area contributed by atoms with Crippen LogP contribution in [0.15, 0.2) is 47.4 Å². The molecule has 2 aromatic rings. The largest absolute Gasteiger partial charge is 0.394 e. The van der Waals surface area contributed by atoms with Gasteiger partial charge in [0.15, 0.2) is 0 Å². The molecule has 0 spiro atoms. The third-order valence-electron chi connectivity index (χ3n) is 3.96. The van der Waals surface area contributed by atoms with E-state index in [-0.39, 0.29) is 12.2 Å². The number of nitrogens with zero attached hydrogens (tertiary/aromatic N) is 3. The van der Waals surface area contributed by atoms with Gasteiger partial charge in [0, 0.05) is 31.4 Å². The van der Waals surface area contributed by atoms with Gasteiger partial charge in [-0.1, -0.05) is 18.2 Å². The Morgan fingerprint density at radius 2 is 2.09 bits per heavy atom. The minimum Gasteiger partial charge on any atom is -0.394 e. The molecular weight excluding hydrogens is 298 g/mol. The molecule has 1 aliphatic rings. The van der Waals surface area contributed by atoms with Crippen LogP contribution in [0.1, 0.15) is 12.6 Å². The number of aliphatic hydroxyl groups is 2. The highest BCUT2D eigenvalue weighted by Crippen LogP contribution is 2.32. The minimum absolute atomic E-state index is 0.255. The van der Waals surface area contributed by atoms with Gasteiger partial charge in [-0.05, 0) is 12.1 Å². The maximum atomic E-state index is 11.7. The monoisotopic (exact) mass is 317 g/mol. The SMILES string of the molecule is CN(c1ccccc1)c1nc(=O)ccn1C1C[C@H](O)[C@@H](CO)O1. The van der Waals surface area contributed by atoms with Crippen LogP contribution >= 0.6 is 0 Å². The maximum Gasteiger partial charge on any atom is 0.274 e. The Hall–Kier alpha value is -2.22. The molecule has 0 amide bonds. The molecule has 23 heavy (non-hydrogen) atoms. The Bertz CT molecular complexity index is 719. The second-order valence-corrected chi connectivity index (χ2v) is 5.48. The van der Waals surface area contributed by atoms with Gasteiger partial charge in [-0.15, -0.1) is 0 Å². The first-order chi connectivity index (χ1) is 11.1. The highest BCUT2D eigenvalue weighted by Gasteiger charge is 2.35. The summed E-state index contributed by atoms with van der Waals surface area (Å²) in [6.07, 6.45) is 0.0529. The predicted octanol–water partition coefficient (Wildman–Crippen LogP) is 0.652. The molecule has 1 aliphatic heterocycles. The molecular formula is C16H19N3O4. The summed E-state index contributed by atoms with van der Waals surface area (Å²) in [4.78, 5) is 17.6. The van der Waals surface area contributed by atoms with Crippen LogP contribution in [0, 0.1) is 0 Å². The van der Waals surface area contributed by atoms with Crippen LogP contribution in [0.4, 0.5) is 11.6 Å². The van der Waals surface area contributed by atoms with Crippen molar-refractivity contribution in [3.05, 3.63) is 52.9 Å². The van der Waals surface area contributed by atoms with E-state index in [2.05, 4.69) is 4.98 Å². The number of anilines is 2. The van der Waals surface area contributed by atoms with Crippen LogP contribution < -0.4 is 10.5 Å². The highest BCUT2D eigenvalue weighted by atomic mass is 16.5. The van der Waals surface area contributed by atoms with E-state index in [4.69, 9.17) is 4.74 Å². The number of hydrogen-bond acceptors (Lipinski definition) is 6. The fraction of sp³-hybridized carbons (Fsp3) is 0.375. The molecule has 7 nitrogen and oxygen atoms in total. The van der Waals surface area contributed by atoms with Crippen molar-refractivity contribution in [1.29, 1.82) is 0 Å². The van der Waals surface area contributed by atoms with Gasteiger partial charge in [-0.3, -0.25) is 9.36 Å². The van der Waals surface area contributed by atoms with E-state index >= 15 is 0 Å². The zero-order valence-corrected chi connectivity index (χ0v) is 12.7. The average molecular weight is 317 g/mol. The van der Waals surface area contributed by atoms with Gasteiger partial charge in [0.25, 0.3) is 5.56 Å². The van der Waals surface area contributed by atoms with Crippen molar-refractivity contribution in [3.63, 3.8) is 0 Å². The van der Waals surface area contributed by atoms with Crippen molar-refractivity contribution in [2.75, 3.05) is 18.6 Å². The first kappa shape index (κ1) is 15.7. The van der Waals surface area contributed by atoms with E-state index in [0.29, 0.717) is 12.4 Å². The molecule has 0 bridgehead atoms. The average Bonchev–Trinajstić information content (AvgIpc) is 2.95. The molecule has 1 unspecified atom stereocenters. The fourth-order valence-electron chi connectivity index (χ4n) is 2.69. The maximum absolute atomic E-state index is 11.7. The molecule has 0 radical (unpaired) electrons. The molecule has 2 heterocycles. The molecule has 3 atom stereocenters. The molecule has 1 aromatic heterocycles. The van der Waals surface area contributed by atoms with Crippen molar-refractivity contribution in [2.45, 2.75) is 24.9 Å². The van der Waals surface area contributed by atoms with Crippen LogP contribution in [0.2, 0.25) is 0 Å². The standard InChI is InChI=1S/C16H19N3O4/c1-18(11-5-3-2-4-6-11)16-17-14(22)7-8-19(16)15-9-12(21)13(10-20)23-15/h2-8,12-13,15,20-21H,9-10H2,1H3/t12-,13+,15?/m0/s1. The molecule has 3 rings (SSSR count). The van der Waals surface area contributed by atoms with Crippen molar-refractivity contribution in [3.8, 4) is 0 Å². The van der Waals surface area contributed by atoms with Crippen LogP contribution in [-0.4, -0.2) is 45.6 Å². The normalized spacial score (nSPS) is 23.9. The third-order valence-corrected chi connectivity index (χ3v) is 3.96. The fourth-order valence-corrected chi connectivity index (χ4v) is 2.69. The molecule has 1 saturated heterocycles. The van der Waals surface area contributed by atoms with Gasteiger partial charge in [-0.2, -0.15) is 4.98 Å². The zero-order chi connectivity index (χ0) is 16.4. The summed E-state index contributed by atoms with van der Waals surface area (Å²) < 4.78 is 7.37. The first-order valence-electron chi connectivity index (χ1n) is 7.42. The molecule has 1 aromatic carbocycles. The molecule has 0 aliphatic carbocycles. The molecule has 2 N–H and O–H groups in total. The van der Waals surface area contributed by atoms with Gasteiger partial charge < -0.3 is 19.8 Å². The van der Waals surface area contributed by atoms with Crippen molar-refractivity contribution in [2.24, 2.45) is 0 Å². The summed E-state index contributed by atoms with van der Waals surface area (Å²) in [5, 5.41) is 19.2. The van der Waals surface area contributed by atoms with E-state index in [1.165, 1.54) is 6.07 Å². The molecule has 122 valence electrons. The number of rotatable bonds is 4. The third kappa shape index (κ3) is 3.12. The molecule has 7 heteroatoms. The summed E-state index contributed by atoms with van der Waals surface area (Å²) >= 11 is 0. The Labute approximate surface area is 133 Å². The number of para-hydroxylation sites is 1. The number of benzene rings is 1. The van der Waals surface area contributed by atoms with E-state index < -0.39 is 18.4 Å². The topological polar surface area (TPSA) is 87.8 Å². The highest BCUT2D eigenvalue weighted by molar-refractivity contribution is 5.56. The molecule has 0 saturated carbocycles. The summed E-state index contributed by atoms with van der Waals surface area (Å²) in [7, 11) is 1.81. The Balaban J connectivity index is 1.98. The van der Waals surface area contributed by atoms with Crippen molar-refractivity contribution in [1.82, 2.24) is 9.55 Å². The van der Waals surface area contributed by atoms with Gasteiger partial charge in [0.05, 0.1) is 12.7 Å². The minimum atomic E-state index is -0.751. The Morgan fingerprint density at radius 3 is 2.74 bits per heavy atom. The summed E-state index contributed by atoms with van der Waals surface area (Å²) in [6.45, 7) is -0.255. The van der Waals surface area contributed by atoms with Gasteiger partial charge in [-0.25, -0.2) is 0 Å². The Morgan fingerprint density at radius 1 is 1.35 bits per heavy atom. The smallest absolute Gasteiger partial charge is 0.274 e. The van der Waals surface area contributed by atoms with E-state index in [0.717, 1.165) is 5.69 Å². The summed E-state index contributed by atoms with van der Waals surface area (Å²) in [6, 6.07) is 10.9. The van der Waals surface area contributed by atoms with Crippen molar-refractivity contribution >= 4 is 11.6 Å². The number of aromatic nitrogens is 2. The van der Waals surface area contributed by atoms with Crippen LogP contribution in [0.5, 0.6) is 0 Å². The van der Waals surface area contributed by atoms with Crippen LogP contribution in [0.3, 0.4) is 0 Å². The zero-order valence-electron chi connectivity index (χ0n) is 12.7. The van der Waals surface area contributed by atoms with Crippen molar-refractivity contribution < 1.29 is 14.9 Å². The van der Waals surface area contributed by atoms with Gasteiger partial charge in [0.2, 0.25) is 5.95 Å². The van der Waals surface area contributed by atoms with Crippen LogP contribution in [0.25, 0.3) is 0 Å². The second kappa shape index (κ2) is 6.49.